The number of rotatable bonds is 5. The molecule has 2 saturated heterocycles. The van der Waals surface area contributed by atoms with Gasteiger partial charge in [0, 0.05) is 32.8 Å². The largest absolute Gasteiger partial charge is 0.380 e. The quantitative estimate of drug-likeness (QED) is 0.817. The Bertz CT molecular complexity index is 281. The zero-order chi connectivity index (χ0) is 13.9. The Hall–Kier alpha value is -0.160. The molecule has 4 nitrogen and oxygen atoms in total. The van der Waals surface area contributed by atoms with Gasteiger partial charge in [0.2, 0.25) is 0 Å². The predicted molar refractivity (Wildman–Crippen MR) is 79.3 cm³/mol. The molecule has 0 aromatic carbocycles. The molecule has 2 rings (SSSR count). The second-order valence-electron chi connectivity index (χ2n) is 6.42. The lowest BCUT2D eigenvalue weighted by molar-refractivity contribution is -0.0239. The van der Waals surface area contributed by atoms with Gasteiger partial charge in [-0.2, -0.15) is 0 Å². The summed E-state index contributed by atoms with van der Waals surface area (Å²) in [5, 5.41) is 0. The lowest BCUT2D eigenvalue weighted by Crippen LogP contribution is -2.58. The molecule has 0 amide bonds. The Balaban J connectivity index is 1.96. The fourth-order valence-corrected chi connectivity index (χ4v) is 3.59. The molecule has 4 heteroatoms. The third-order valence-electron chi connectivity index (χ3n) is 5.44. The minimum atomic E-state index is -0.0285. The molecule has 0 spiro atoms. The topological polar surface area (TPSA) is 41.7 Å². The zero-order valence-electron chi connectivity index (χ0n) is 12.9. The molecule has 2 N–H and O–H groups in total. The highest BCUT2D eigenvalue weighted by molar-refractivity contribution is 4.98. The van der Waals surface area contributed by atoms with E-state index in [4.69, 9.17) is 10.5 Å². The molecule has 3 unspecified atom stereocenters. The average molecular weight is 269 g/mol. The third-order valence-corrected chi connectivity index (χ3v) is 5.44. The normalized spacial score (nSPS) is 31.3. The highest BCUT2D eigenvalue weighted by atomic mass is 16.5. The first-order chi connectivity index (χ1) is 9.11. The summed E-state index contributed by atoms with van der Waals surface area (Å²) in [6.45, 7) is 9.94. The molecule has 112 valence electrons. The van der Waals surface area contributed by atoms with Gasteiger partial charge in [0.05, 0.1) is 11.6 Å². The van der Waals surface area contributed by atoms with Crippen molar-refractivity contribution in [3.63, 3.8) is 0 Å². The number of hydrogen-bond acceptors (Lipinski definition) is 4. The zero-order valence-corrected chi connectivity index (χ0v) is 12.9. The van der Waals surface area contributed by atoms with Crippen LogP contribution in [0.25, 0.3) is 0 Å². The number of nitrogens with zero attached hydrogens (tertiary/aromatic N) is 2. The van der Waals surface area contributed by atoms with Gasteiger partial charge in [0.15, 0.2) is 0 Å². The van der Waals surface area contributed by atoms with Crippen LogP contribution in [0.2, 0.25) is 0 Å². The number of ether oxygens (including phenoxy) is 1. The molecule has 2 fully saturated rings. The Morgan fingerprint density at radius 3 is 2.53 bits per heavy atom. The van der Waals surface area contributed by atoms with Crippen molar-refractivity contribution in [2.24, 2.45) is 5.73 Å². The van der Waals surface area contributed by atoms with Crippen molar-refractivity contribution in [3.05, 3.63) is 0 Å². The Morgan fingerprint density at radius 1 is 1.26 bits per heavy atom. The summed E-state index contributed by atoms with van der Waals surface area (Å²) >= 11 is 0. The van der Waals surface area contributed by atoms with Crippen molar-refractivity contribution in [1.82, 2.24) is 9.80 Å². The van der Waals surface area contributed by atoms with Gasteiger partial charge in [0.25, 0.3) is 0 Å². The van der Waals surface area contributed by atoms with E-state index in [9.17, 15) is 0 Å². The van der Waals surface area contributed by atoms with Gasteiger partial charge in [-0.15, -0.1) is 0 Å². The minimum Gasteiger partial charge on any atom is -0.380 e. The first kappa shape index (κ1) is 15.2. The smallest absolute Gasteiger partial charge is 0.0736 e. The van der Waals surface area contributed by atoms with Crippen LogP contribution in [-0.4, -0.2) is 67.3 Å². The van der Waals surface area contributed by atoms with E-state index in [2.05, 4.69) is 23.6 Å². The van der Waals surface area contributed by atoms with Crippen LogP contribution >= 0.6 is 0 Å². The summed E-state index contributed by atoms with van der Waals surface area (Å²) in [6, 6.07) is 0.732. The third kappa shape index (κ3) is 3.13. The molecule has 0 aromatic heterocycles. The molecule has 2 heterocycles. The molecular formula is C15H31N3O. The van der Waals surface area contributed by atoms with E-state index in [1.54, 1.807) is 7.11 Å². The molecule has 2 aliphatic rings. The summed E-state index contributed by atoms with van der Waals surface area (Å²) in [6.07, 6.45) is 5.62. The lowest BCUT2D eigenvalue weighted by Gasteiger charge is -2.42. The van der Waals surface area contributed by atoms with E-state index in [1.165, 1.54) is 38.8 Å². The van der Waals surface area contributed by atoms with Gasteiger partial charge < -0.3 is 10.5 Å². The van der Waals surface area contributed by atoms with Gasteiger partial charge in [-0.3, -0.25) is 9.80 Å². The van der Waals surface area contributed by atoms with Crippen molar-refractivity contribution in [2.45, 2.75) is 57.2 Å². The van der Waals surface area contributed by atoms with Crippen LogP contribution in [0.5, 0.6) is 0 Å². The van der Waals surface area contributed by atoms with Crippen LogP contribution in [0.1, 0.15) is 39.5 Å². The molecule has 19 heavy (non-hydrogen) atoms. The second-order valence-corrected chi connectivity index (χ2v) is 6.42. The highest BCUT2D eigenvalue weighted by Gasteiger charge is 2.41. The van der Waals surface area contributed by atoms with Crippen molar-refractivity contribution in [2.75, 3.05) is 39.8 Å². The molecule has 0 radical (unpaired) electrons. The first-order valence-corrected chi connectivity index (χ1v) is 7.83. The van der Waals surface area contributed by atoms with E-state index in [0.29, 0.717) is 6.54 Å². The Kier molecular flexibility index (Phi) is 5.23. The monoisotopic (exact) mass is 269 g/mol. The molecule has 0 saturated carbocycles. The fourth-order valence-electron chi connectivity index (χ4n) is 3.59. The van der Waals surface area contributed by atoms with Crippen LogP contribution in [0.15, 0.2) is 0 Å². The second kappa shape index (κ2) is 6.53. The standard InChI is InChI=1S/C15H31N3O/c1-13(19-3)15(2,12-16)18-10-7-14(11-18)17-8-5-4-6-9-17/h13-14H,4-12,16H2,1-3H3. The van der Waals surface area contributed by atoms with Gasteiger partial charge >= 0.3 is 0 Å². The maximum absolute atomic E-state index is 6.05. The van der Waals surface area contributed by atoms with Crippen molar-refractivity contribution < 1.29 is 4.74 Å². The predicted octanol–water partition coefficient (Wildman–Crippen LogP) is 1.30. The molecular weight excluding hydrogens is 238 g/mol. The maximum atomic E-state index is 6.05. The van der Waals surface area contributed by atoms with Crippen molar-refractivity contribution in [3.8, 4) is 0 Å². The number of hydrogen-bond donors (Lipinski definition) is 1. The van der Waals surface area contributed by atoms with E-state index >= 15 is 0 Å². The molecule has 0 bridgehead atoms. The van der Waals surface area contributed by atoms with Crippen LogP contribution in [0, 0.1) is 0 Å². The Labute approximate surface area is 118 Å². The summed E-state index contributed by atoms with van der Waals surface area (Å²) < 4.78 is 5.56. The van der Waals surface area contributed by atoms with E-state index in [-0.39, 0.29) is 11.6 Å². The summed E-state index contributed by atoms with van der Waals surface area (Å²) in [7, 11) is 1.79. The minimum absolute atomic E-state index is 0.0285. The van der Waals surface area contributed by atoms with Crippen LogP contribution < -0.4 is 5.73 Å². The summed E-state index contributed by atoms with van der Waals surface area (Å²) in [5.74, 6) is 0. The average Bonchev–Trinajstić information content (AvgIpc) is 2.96. The SMILES string of the molecule is COC(C)C(C)(CN)N1CCC(N2CCCCC2)C1. The highest BCUT2D eigenvalue weighted by Crippen LogP contribution is 2.28. The molecule has 0 aliphatic carbocycles. The number of methoxy groups -OCH3 is 1. The van der Waals surface area contributed by atoms with Crippen molar-refractivity contribution in [1.29, 1.82) is 0 Å². The van der Waals surface area contributed by atoms with Crippen LogP contribution in [-0.2, 0) is 4.74 Å². The van der Waals surface area contributed by atoms with Crippen molar-refractivity contribution >= 4 is 0 Å². The Morgan fingerprint density at radius 2 is 1.95 bits per heavy atom. The fraction of sp³-hybridized carbons (Fsp3) is 1.00. The van der Waals surface area contributed by atoms with Gasteiger partial charge in [0.1, 0.15) is 0 Å². The van der Waals surface area contributed by atoms with Crippen LogP contribution in [0.4, 0.5) is 0 Å². The van der Waals surface area contributed by atoms with E-state index in [0.717, 1.165) is 19.1 Å². The van der Waals surface area contributed by atoms with Gasteiger partial charge in [-0.05, 0) is 46.2 Å². The lowest BCUT2D eigenvalue weighted by atomic mass is 9.94. The number of likely N-dealkylation sites (tertiary alicyclic amines) is 2. The maximum Gasteiger partial charge on any atom is 0.0736 e. The van der Waals surface area contributed by atoms with Gasteiger partial charge in [-0.25, -0.2) is 0 Å². The number of piperidine rings is 1. The molecule has 3 atom stereocenters. The molecule has 2 aliphatic heterocycles. The van der Waals surface area contributed by atoms with E-state index < -0.39 is 0 Å². The first-order valence-electron chi connectivity index (χ1n) is 7.83. The molecule has 0 aromatic rings. The summed E-state index contributed by atoms with van der Waals surface area (Å²) in [4.78, 5) is 5.25. The number of nitrogens with two attached hydrogens (primary N) is 1. The van der Waals surface area contributed by atoms with Crippen LogP contribution in [0.3, 0.4) is 0 Å². The van der Waals surface area contributed by atoms with E-state index in [1.807, 2.05) is 0 Å². The summed E-state index contributed by atoms with van der Waals surface area (Å²) in [5.41, 5.74) is 6.02. The van der Waals surface area contributed by atoms with Gasteiger partial charge in [-0.1, -0.05) is 6.42 Å².